The van der Waals surface area contributed by atoms with Crippen molar-refractivity contribution in [2.75, 3.05) is 26.1 Å². The summed E-state index contributed by atoms with van der Waals surface area (Å²) in [5, 5.41) is 11.3. The van der Waals surface area contributed by atoms with Crippen LogP contribution in [0.25, 0.3) is 6.08 Å². The molecule has 2 rings (SSSR count). The average Bonchev–Trinajstić information content (AvgIpc) is 2.72. The molecule has 144 valence electrons. The van der Waals surface area contributed by atoms with Crippen LogP contribution in [0.2, 0.25) is 0 Å². The maximum atomic E-state index is 11.9. The molecule has 0 radical (unpaired) electrons. The van der Waals surface area contributed by atoms with Gasteiger partial charge in [0.1, 0.15) is 11.5 Å². The molecule has 0 saturated heterocycles. The lowest BCUT2D eigenvalue weighted by Gasteiger charge is -2.07. The number of amides is 1. The number of esters is 1. The van der Waals surface area contributed by atoms with Gasteiger partial charge < -0.3 is 19.5 Å². The van der Waals surface area contributed by atoms with E-state index in [0.29, 0.717) is 29.2 Å². The zero-order chi connectivity index (χ0) is 20.4. The molecule has 0 spiro atoms. The maximum Gasteiger partial charge on any atom is 0.331 e. The third kappa shape index (κ3) is 6.18. The van der Waals surface area contributed by atoms with Crippen molar-refractivity contribution in [2.45, 2.75) is 6.42 Å². The summed E-state index contributed by atoms with van der Waals surface area (Å²) in [6.07, 6.45) is 3.03. The number of nitrogens with one attached hydrogen (secondary N) is 1. The van der Waals surface area contributed by atoms with Gasteiger partial charge in [0, 0.05) is 17.3 Å². The highest BCUT2D eigenvalue weighted by Crippen LogP contribution is 2.25. The summed E-state index contributed by atoms with van der Waals surface area (Å²) in [5.41, 5.74) is 2.05. The third-order valence-electron chi connectivity index (χ3n) is 3.70. The normalized spacial score (nSPS) is 10.2. The van der Waals surface area contributed by atoms with E-state index in [1.54, 1.807) is 49.6 Å². The molecule has 0 bridgehead atoms. The Morgan fingerprint density at radius 1 is 1.11 bits per heavy atom. The van der Waals surface area contributed by atoms with Gasteiger partial charge in [-0.1, -0.05) is 12.1 Å². The number of carbonyl (C=O) groups excluding carboxylic acids is 2. The van der Waals surface area contributed by atoms with Crippen LogP contribution in [0.15, 0.2) is 48.5 Å². The molecule has 0 heterocycles. The predicted octanol–water partition coefficient (Wildman–Crippen LogP) is 2.96. The van der Waals surface area contributed by atoms with Crippen molar-refractivity contribution in [3.8, 4) is 17.6 Å². The van der Waals surface area contributed by atoms with Crippen molar-refractivity contribution in [1.29, 1.82) is 5.26 Å². The lowest BCUT2D eigenvalue weighted by Crippen LogP contribution is -2.20. The molecule has 7 nitrogen and oxygen atoms in total. The highest BCUT2D eigenvalue weighted by Gasteiger charge is 2.07. The van der Waals surface area contributed by atoms with Crippen LogP contribution in [0.3, 0.4) is 0 Å². The largest absolute Gasteiger partial charge is 0.497 e. The van der Waals surface area contributed by atoms with E-state index in [9.17, 15) is 9.59 Å². The molecule has 1 N–H and O–H groups in total. The molecule has 0 unspecified atom stereocenters. The van der Waals surface area contributed by atoms with Gasteiger partial charge in [-0.25, -0.2) is 4.79 Å². The maximum absolute atomic E-state index is 11.9. The van der Waals surface area contributed by atoms with Crippen molar-refractivity contribution < 1.29 is 23.8 Å². The topological polar surface area (TPSA) is 97.7 Å². The number of anilines is 1. The van der Waals surface area contributed by atoms with Gasteiger partial charge in [-0.05, 0) is 42.0 Å². The zero-order valence-corrected chi connectivity index (χ0v) is 15.6. The summed E-state index contributed by atoms with van der Waals surface area (Å²) < 4.78 is 15.3. The van der Waals surface area contributed by atoms with E-state index in [1.807, 2.05) is 6.07 Å². The molecular formula is C21H20N2O5. The second-order valence-corrected chi connectivity index (χ2v) is 5.63. The fraction of sp³-hybridized carbons (Fsp3) is 0.190. The Labute approximate surface area is 163 Å². The lowest BCUT2D eigenvalue weighted by atomic mass is 10.1. The zero-order valence-electron chi connectivity index (χ0n) is 15.6. The third-order valence-corrected chi connectivity index (χ3v) is 3.70. The van der Waals surface area contributed by atoms with Crippen molar-refractivity contribution in [3.05, 3.63) is 59.7 Å². The van der Waals surface area contributed by atoms with Crippen LogP contribution < -0.4 is 14.8 Å². The molecule has 7 heteroatoms. The van der Waals surface area contributed by atoms with Gasteiger partial charge in [0.25, 0.3) is 5.91 Å². The molecule has 0 fully saturated rings. The fourth-order valence-corrected chi connectivity index (χ4v) is 2.31. The van der Waals surface area contributed by atoms with E-state index in [1.165, 1.54) is 19.3 Å². The summed E-state index contributed by atoms with van der Waals surface area (Å²) >= 11 is 0. The molecule has 0 atom stereocenters. The Bertz CT molecular complexity index is 898. The molecule has 2 aromatic rings. The van der Waals surface area contributed by atoms with E-state index < -0.39 is 18.5 Å². The van der Waals surface area contributed by atoms with E-state index in [-0.39, 0.29) is 0 Å². The smallest absolute Gasteiger partial charge is 0.331 e. The molecule has 0 aliphatic heterocycles. The van der Waals surface area contributed by atoms with Gasteiger partial charge in [0.05, 0.1) is 26.7 Å². The van der Waals surface area contributed by atoms with Crippen molar-refractivity contribution >= 4 is 23.6 Å². The summed E-state index contributed by atoms with van der Waals surface area (Å²) in [5.74, 6) is 0.0644. The minimum Gasteiger partial charge on any atom is -0.497 e. The molecule has 0 saturated carbocycles. The average molecular weight is 380 g/mol. The van der Waals surface area contributed by atoms with E-state index in [2.05, 4.69) is 5.32 Å². The summed E-state index contributed by atoms with van der Waals surface area (Å²) in [6, 6.07) is 14.1. The number of rotatable bonds is 8. The fourth-order valence-electron chi connectivity index (χ4n) is 2.31. The van der Waals surface area contributed by atoms with Gasteiger partial charge in [-0.15, -0.1) is 0 Å². The van der Waals surface area contributed by atoms with Gasteiger partial charge in [0.15, 0.2) is 6.61 Å². The van der Waals surface area contributed by atoms with Crippen LogP contribution in [0, 0.1) is 11.3 Å². The number of benzene rings is 2. The predicted molar refractivity (Wildman–Crippen MR) is 104 cm³/mol. The minimum absolute atomic E-state index is 0.302. The number of carbonyl (C=O) groups is 2. The highest BCUT2D eigenvalue weighted by molar-refractivity contribution is 5.94. The quantitative estimate of drug-likeness (QED) is 0.558. The Kier molecular flexibility index (Phi) is 7.61. The summed E-state index contributed by atoms with van der Waals surface area (Å²) in [6.45, 7) is -0.418. The molecule has 2 aromatic carbocycles. The van der Waals surface area contributed by atoms with E-state index >= 15 is 0 Å². The van der Waals surface area contributed by atoms with Crippen LogP contribution in [-0.2, 0) is 20.7 Å². The number of nitrogens with zero attached hydrogens (tertiary/aromatic N) is 1. The first-order valence-corrected chi connectivity index (χ1v) is 8.38. The van der Waals surface area contributed by atoms with Crippen LogP contribution in [0.1, 0.15) is 11.1 Å². The lowest BCUT2D eigenvalue weighted by molar-refractivity contribution is -0.142. The van der Waals surface area contributed by atoms with Gasteiger partial charge >= 0.3 is 5.97 Å². The standard InChI is InChI=1S/C21H20N2O5/c1-26-18-8-9-19(27-2)16(13-18)5-10-21(25)28-14-20(24)23-17-6-3-15(4-7-17)11-12-22/h3-10,13H,11,14H2,1-2H3,(H,23,24)/b10-5+. The number of methoxy groups -OCH3 is 2. The SMILES string of the molecule is COc1ccc(OC)c(/C=C/C(=O)OCC(=O)Nc2ccc(CC#N)cc2)c1. The van der Waals surface area contributed by atoms with E-state index in [4.69, 9.17) is 19.5 Å². The number of hydrogen-bond donors (Lipinski definition) is 1. The summed E-state index contributed by atoms with van der Waals surface area (Å²) in [7, 11) is 3.06. The Morgan fingerprint density at radius 2 is 1.86 bits per heavy atom. The van der Waals surface area contributed by atoms with Gasteiger partial charge in [0.2, 0.25) is 0 Å². The number of hydrogen-bond acceptors (Lipinski definition) is 6. The molecule has 0 aliphatic carbocycles. The van der Waals surface area contributed by atoms with Gasteiger partial charge in [-0.2, -0.15) is 5.26 Å². The number of ether oxygens (including phenoxy) is 3. The molecule has 0 aromatic heterocycles. The van der Waals surface area contributed by atoms with Crippen LogP contribution in [-0.4, -0.2) is 32.7 Å². The number of nitriles is 1. The Morgan fingerprint density at radius 3 is 2.50 bits per heavy atom. The minimum atomic E-state index is -0.663. The van der Waals surface area contributed by atoms with Crippen molar-refractivity contribution in [2.24, 2.45) is 0 Å². The monoisotopic (exact) mass is 380 g/mol. The first-order chi connectivity index (χ1) is 13.5. The molecule has 1 amide bonds. The molecular weight excluding hydrogens is 360 g/mol. The molecule has 28 heavy (non-hydrogen) atoms. The van der Waals surface area contributed by atoms with Crippen molar-refractivity contribution in [1.82, 2.24) is 0 Å². The van der Waals surface area contributed by atoms with Gasteiger partial charge in [-0.3, -0.25) is 4.79 Å². The van der Waals surface area contributed by atoms with Crippen LogP contribution >= 0.6 is 0 Å². The second-order valence-electron chi connectivity index (χ2n) is 5.63. The van der Waals surface area contributed by atoms with Crippen molar-refractivity contribution in [3.63, 3.8) is 0 Å². The van der Waals surface area contributed by atoms with E-state index in [0.717, 1.165) is 5.56 Å². The highest BCUT2D eigenvalue weighted by atomic mass is 16.5. The Hall–Kier alpha value is -3.79. The first-order valence-electron chi connectivity index (χ1n) is 8.38. The Balaban J connectivity index is 1.87. The summed E-state index contributed by atoms with van der Waals surface area (Å²) in [4.78, 5) is 23.7. The second kappa shape index (κ2) is 10.4. The van der Waals surface area contributed by atoms with Crippen LogP contribution in [0.5, 0.6) is 11.5 Å². The van der Waals surface area contributed by atoms with Crippen LogP contribution in [0.4, 0.5) is 5.69 Å². The molecule has 0 aliphatic rings. The first kappa shape index (κ1) is 20.5.